The van der Waals surface area contributed by atoms with E-state index in [1.54, 1.807) is 35.2 Å². The number of hydrogen-bond donors (Lipinski definition) is 1. The Morgan fingerprint density at radius 1 is 0.897 bits per heavy atom. The summed E-state index contributed by atoms with van der Waals surface area (Å²) in [6.07, 6.45) is 5.64. The first kappa shape index (κ1) is 29.4. The first-order chi connectivity index (χ1) is 18.9. The van der Waals surface area contributed by atoms with Crippen LogP contribution in [0.1, 0.15) is 48.8 Å². The molecule has 3 aromatic carbocycles. The number of benzene rings is 3. The topological polar surface area (TPSA) is 49.4 Å². The number of amides is 2. The Balaban J connectivity index is 1.57. The van der Waals surface area contributed by atoms with Crippen molar-refractivity contribution in [3.63, 3.8) is 0 Å². The van der Waals surface area contributed by atoms with E-state index in [2.05, 4.69) is 5.32 Å². The molecular weight excluding hydrogens is 554 g/mol. The SMILES string of the molecule is O=C(NC1CCCCC1)[C@H](Cc1ccccc1)N(Cc1ccc(F)cc1)C(=O)CSCc1c(Cl)cccc1Cl. The molecule has 0 bridgehead atoms. The van der Waals surface area contributed by atoms with Crippen LogP contribution < -0.4 is 5.32 Å². The molecule has 0 radical (unpaired) electrons. The van der Waals surface area contributed by atoms with Crippen molar-refractivity contribution in [1.82, 2.24) is 10.2 Å². The molecule has 4 nitrogen and oxygen atoms in total. The van der Waals surface area contributed by atoms with E-state index >= 15 is 0 Å². The molecule has 0 aliphatic heterocycles. The van der Waals surface area contributed by atoms with E-state index in [1.165, 1.54) is 30.3 Å². The van der Waals surface area contributed by atoms with Gasteiger partial charge in [0, 0.05) is 34.8 Å². The number of carbonyl (C=O) groups excluding carboxylic acids is 2. The minimum atomic E-state index is -0.712. The zero-order valence-corrected chi connectivity index (χ0v) is 24.1. The van der Waals surface area contributed by atoms with E-state index in [-0.39, 0.29) is 36.0 Å². The molecule has 0 spiro atoms. The molecule has 1 aliphatic rings. The normalized spacial score (nSPS) is 14.5. The van der Waals surface area contributed by atoms with Gasteiger partial charge in [-0.15, -0.1) is 11.8 Å². The fourth-order valence-electron chi connectivity index (χ4n) is 4.88. The summed E-state index contributed by atoms with van der Waals surface area (Å²) in [7, 11) is 0. The van der Waals surface area contributed by atoms with Gasteiger partial charge in [-0.1, -0.05) is 91.0 Å². The maximum absolute atomic E-state index is 13.8. The van der Waals surface area contributed by atoms with E-state index < -0.39 is 6.04 Å². The highest BCUT2D eigenvalue weighted by molar-refractivity contribution is 7.99. The second-order valence-corrected chi connectivity index (χ2v) is 11.7. The molecule has 206 valence electrons. The van der Waals surface area contributed by atoms with E-state index in [1.807, 2.05) is 30.3 Å². The third-order valence-corrected chi connectivity index (χ3v) is 8.67. The fraction of sp³-hybridized carbons (Fsp3) is 0.355. The van der Waals surface area contributed by atoms with Crippen molar-refractivity contribution >= 4 is 46.8 Å². The Kier molecular flexibility index (Phi) is 11.1. The lowest BCUT2D eigenvalue weighted by Gasteiger charge is -2.33. The van der Waals surface area contributed by atoms with Gasteiger partial charge < -0.3 is 10.2 Å². The Hall–Kier alpha value is -2.54. The van der Waals surface area contributed by atoms with E-state index in [9.17, 15) is 14.0 Å². The van der Waals surface area contributed by atoms with Crippen molar-refractivity contribution in [2.75, 3.05) is 5.75 Å². The summed E-state index contributed by atoms with van der Waals surface area (Å²) < 4.78 is 13.6. The van der Waals surface area contributed by atoms with Crippen molar-refractivity contribution < 1.29 is 14.0 Å². The zero-order valence-electron chi connectivity index (χ0n) is 21.8. The molecule has 1 aliphatic carbocycles. The summed E-state index contributed by atoms with van der Waals surface area (Å²) in [6.45, 7) is 0.197. The van der Waals surface area contributed by atoms with Gasteiger partial charge in [-0.2, -0.15) is 0 Å². The van der Waals surface area contributed by atoms with Crippen LogP contribution in [0.3, 0.4) is 0 Å². The van der Waals surface area contributed by atoms with E-state index in [0.29, 0.717) is 22.2 Å². The van der Waals surface area contributed by atoms with Gasteiger partial charge >= 0.3 is 0 Å². The van der Waals surface area contributed by atoms with Crippen LogP contribution in [-0.4, -0.2) is 34.6 Å². The van der Waals surface area contributed by atoms with E-state index in [0.717, 1.165) is 42.4 Å². The predicted molar refractivity (Wildman–Crippen MR) is 159 cm³/mol. The van der Waals surface area contributed by atoms with Crippen LogP contribution in [0.25, 0.3) is 0 Å². The molecule has 1 N–H and O–H groups in total. The Morgan fingerprint density at radius 2 is 1.56 bits per heavy atom. The van der Waals surface area contributed by atoms with Crippen LogP contribution in [0, 0.1) is 5.82 Å². The molecule has 0 heterocycles. The third-order valence-electron chi connectivity index (χ3n) is 7.02. The van der Waals surface area contributed by atoms with Gasteiger partial charge in [-0.25, -0.2) is 4.39 Å². The van der Waals surface area contributed by atoms with Gasteiger partial charge in [-0.3, -0.25) is 9.59 Å². The van der Waals surface area contributed by atoms with E-state index in [4.69, 9.17) is 23.2 Å². The first-order valence-electron chi connectivity index (χ1n) is 13.3. The highest BCUT2D eigenvalue weighted by Gasteiger charge is 2.32. The van der Waals surface area contributed by atoms with Crippen LogP contribution >= 0.6 is 35.0 Å². The third kappa shape index (κ3) is 8.72. The number of halogens is 3. The second kappa shape index (κ2) is 14.7. The Morgan fingerprint density at radius 3 is 2.23 bits per heavy atom. The number of rotatable bonds is 11. The summed E-state index contributed by atoms with van der Waals surface area (Å²) in [4.78, 5) is 29.2. The van der Waals surface area contributed by atoms with Crippen molar-refractivity contribution in [2.45, 2.75) is 62.9 Å². The average molecular weight is 588 g/mol. The summed E-state index contributed by atoms with van der Waals surface area (Å²) in [5.41, 5.74) is 2.50. The first-order valence-corrected chi connectivity index (χ1v) is 15.2. The molecule has 39 heavy (non-hydrogen) atoms. The minimum Gasteiger partial charge on any atom is -0.352 e. The Bertz CT molecular complexity index is 1220. The lowest BCUT2D eigenvalue weighted by atomic mass is 9.94. The molecule has 1 saturated carbocycles. The number of thioether (sulfide) groups is 1. The monoisotopic (exact) mass is 586 g/mol. The maximum Gasteiger partial charge on any atom is 0.243 e. The molecule has 2 amide bonds. The highest BCUT2D eigenvalue weighted by Crippen LogP contribution is 2.29. The van der Waals surface area contributed by atoms with Gasteiger partial charge in [0.2, 0.25) is 11.8 Å². The summed E-state index contributed by atoms with van der Waals surface area (Å²) in [5, 5.41) is 4.34. The standard InChI is InChI=1S/C31H33Cl2FN2O2S/c32-27-12-7-13-28(33)26(27)20-39-21-30(37)36(19-23-14-16-24(34)17-15-23)29(18-22-8-3-1-4-9-22)31(38)35-25-10-5-2-6-11-25/h1,3-4,7-9,12-17,25,29H,2,5-6,10-11,18-21H2,(H,35,38)/t29-/m0/s1. The number of nitrogens with zero attached hydrogens (tertiary/aromatic N) is 1. The lowest BCUT2D eigenvalue weighted by Crippen LogP contribution is -2.53. The summed E-state index contributed by atoms with van der Waals surface area (Å²) >= 11 is 14.1. The largest absolute Gasteiger partial charge is 0.352 e. The molecule has 3 aromatic rings. The van der Waals surface area contributed by atoms with Crippen LogP contribution in [0.4, 0.5) is 4.39 Å². The number of hydrogen-bond acceptors (Lipinski definition) is 3. The van der Waals surface area contributed by atoms with Crippen LogP contribution in [0.15, 0.2) is 72.8 Å². The van der Waals surface area contributed by atoms with Gasteiger partial charge in [-0.05, 0) is 53.8 Å². The molecule has 1 fully saturated rings. The molecule has 8 heteroatoms. The highest BCUT2D eigenvalue weighted by atomic mass is 35.5. The lowest BCUT2D eigenvalue weighted by molar-refractivity contribution is -0.139. The van der Waals surface area contributed by atoms with Crippen LogP contribution in [0.2, 0.25) is 10.0 Å². The molecule has 4 rings (SSSR count). The van der Waals surface area contributed by atoms with Gasteiger partial charge in [0.25, 0.3) is 0 Å². The van der Waals surface area contributed by atoms with Crippen molar-refractivity contribution in [2.24, 2.45) is 0 Å². The molecule has 1 atom stereocenters. The number of carbonyl (C=O) groups is 2. The van der Waals surface area contributed by atoms with Crippen molar-refractivity contribution in [3.8, 4) is 0 Å². The van der Waals surface area contributed by atoms with Crippen LogP contribution in [0.5, 0.6) is 0 Å². The molecule has 0 saturated heterocycles. The summed E-state index contributed by atoms with van der Waals surface area (Å²) in [6, 6.07) is 20.5. The van der Waals surface area contributed by atoms with Crippen LogP contribution in [-0.2, 0) is 28.3 Å². The number of nitrogens with one attached hydrogen (secondary N) is 1. The predicted octanol–water partition coefficient (Wildman–Crippen LogP) is 7.45. The fourth-order valence-corrected chi connectivity index (χ4v) is 6.53. The smallest absolute Gasteiger partial charge is 0.243 e. The van der Waals surface area contributed by atoms with Crippen molar-refractivity contribution in [3.05, 3.63) is 105 Å². The molecular formula is C31H33Cl2FN2O2S. The van der Waals surface area contributed by atoms with Gasteiger partial charge in [0.05, 0.1) is 5.75 Å². The second-order valence-electron chi connectivity index (χ2n) is 9.89. The minimum absolute atomic E-state index is 0.115. The van der Waals surface area contributed by atoms with Gasteiger partial charge in [0.1, 0.15) is 11.9 Å². The summed E-state index contributed by atoms with van der Waals surface area (Å²) in [5.74, 6) is -0.0657. The average Bonchev–Trinajstić information content (AvgIpc) is 2.94. The zero-order chi connectivity index (χ0) is 27.6. The molecule has 0 unspecified atom stereocenters. The Labute approximate surface area is 244 Å². The maximum atomic E-state index is 13.8. The van der Waals surface area contributed by atoms with Gasteiger partial charge in [0.15, 0.2) is 0 Å². The molecule has 0 aromatic heterocycles. The quantitative estimate of drug-likeness (QED) is 0.254. The van der Waals surface area contributed by atoms with Crippen molar-refractivity contribution in [1.29, 1.82) is 0 Å².